The largest absolute Gasteiger partial charge is 0.497 e. The molecule has 1 aromatic heterocycles. The zero-order chi connectivity index (χ0) is 19.4. The van der Waals surface area contributed by atoms with Crippen LogP contribution in [-0.2, 0) is 0 Å². The van der Waals surface area contributed by atoms with E-state index in [1.54, 1.807) is 33.1 Å². The first-order valence-electron chi connectivity index (χ1n) is 8.48. The van der Waals surface area contributed by atoms with Gasteiger partial charge in [-0.05, 0) is 55.5 Å². The van der Waals surface area contributed by atoms with E-state index in [0.29, 0.717) is 17.3 Å². The van der Waals surface area contributed by atoms with Crippen LogP contribution in [0, 0.1) is 0 Å². The number of methoxy groups -OCH3 is 2. The van der Waals surface area contributed by atoms with Crippen molar-refractivity contribution in [3.63, 3.8) is 0 Å². The zero-order valence-corrected chi connectivity index (χ0v) is 15.7. The molecule has 2 aromatic carbocycles. The first kappa shape index (κ1) is 18.6. The lowest BCUT2D eigenvalue weighted by Gasteiger charge is -2.20. The van der Waals surface area contributed by atoms with E-state index in [2.05, 4.69) is 15.2 Å². The summed E-state index contributed by atoms with van der Waals surface area (Å²) in [7, 11) is 4.96. The summed E-state index contributed by atoms with van der Waals surface area (Å²) in [6.07, 6.45) is -0.734. The van der Waals surface area contributed by atoms with Gasteiger partial charge in [0.25, 0.3) is 0 Å². The molecule has 0 saturated carbocycles. The van der Waals surface area contributed by atoms with Gasteiger partial charge in [0.15, 0.2) is 0 Å². The number of aliphatic hydroxyl groups is 1. The number of nitrogens with zero attached hydrogens (tertiary/aromatic N) is 4. The number of rotatable bonds is 6. The first-order valence-corrected chi connectivity index (χ1v) is 8.48. The van der Waals surface area contributed by atoms with Gasteiger partial charge in [0.05, 0.1) is 14.2 Å². The van der Waals surface area contributed by atoms with E-state index in [1.165, 1.54) is 0 Å². The van der Waals surface area contributed by atoms with E-state index in [4.69, 9.17) is 9.47 Å². The van der Waals surface area contributed by atoms with Gasteiger partial charge in [-0.15, -0.1) is 10.2 Å². The number of aromatic nitrogens is 3. The molecular formula is C20H22N4O3. The summed E-state index contributed by atoms with van der Waals surface area (Å²) in [6.45, 7) is 1.65. The monoisotopic (exact) mass is 366 g/mol. The van der Waals surface area contributed by atoms with Crippen LogP contribution in [0.25, 0.3) is 22.5 Å². The minimum atomic E-state index is -0.734. The average Bonchev–Trinajstić information content (AvgIpc) is 2.73. The molecule has 0 spiro atoms. The molecule has 0 amide bonds. The van der Waals surface area contributed by atoms with Crippen molar-refractivity contribution in [3.05, 3.63) is 48.5 Å². The molecule has 1 atom stereocenters. The lowest BCUT2D eigenvalue weighted by atomic mass is 10.0. The van der Waals surface area contributed by atoms with Crippen molar-refractivity contribution < 1.29 is 14.6 Å². The van der Waals surface area contributed by atoms with Gasteiger partial charge < -0.3 is 19.5 Å². The van der Waals surface area contributed by atoms with Crippen LogP contribution in [0.4, 0.5) is 5.95 Å². The number of aliphatic hydroxyl groups excluding tert-OH is 1. The van der Waals surface area contributed by atoms with Crippen molar-refractivity contribution in [2.45, 2.75) is 13.2 Å². The summed E-state index contributed by atoms with van der Waals surface area (Å²) in [4.78, 5) is 6.21. The second-order valence-electron chi connectivity index (χ2n) is 6.01. The summed E-state index contributed by atoms with van der Waals surface area (Å²) in [5.41, 5.74) is 3.05. The second-order valence-corrected chi connectivity index (χ2v) is 6.01. The third-order valence-corrected chi connectivity index (χ3v) is 4.28. The Labute approximate surface area is 158 Å². The lowest BCUT2D eigenvalue weighted by molar-refractivity contribution is 0.193. The number of ether oxygens (including phenoxy) is 2. The van der Waals surface area contributed by atoms with Crippen molar-refractivity contribution in [1.29, 1.82) is 0 Å². The Morgan fingerprint density at radius 3 is 1.74 bits per heavy atom. The van der Waals surface area contributed by atoms with Crippen LogP contribution >= 0.6 is 0 Å². The van der Waals surface area contributed by atoms with Crippen LogP contribution in [0.5, 0.6) is 11.5 Å². The minimum Gasteiger partial charge on any atom is -0.497 e. The van der Waals surface area contributed by atoms with Crippen molar-refractivity contribution in [2.24, 2.45) is 0 Å². The summed E-state index contributed by atoms with van der Waals surface area (Å²) < 4.78 is 10.5. The molecule has 27 heavy (non-hydrogen) atoms. The van der Waals surface area contributed by atoms with Gasteiger partial charge in [-0.1, -0.05) is 0 Å². The fraction of sp³-hybridized carbons (Fsp3) is 0.250. The molecule has 0 aliphatic heterocycles. The third-order valence-electron chi connectivity index (χ3n) is 4.28. The maximum absolute atomic E-state index is 9.84. The predicted octanol–water partition coefficient (Wildman–Crippen LogP) is 3.00. The average molecular weight is 366 g/mol. The molecule has 0 radical (unpaired) electrons. The zero-order valence-electron chi connectivity index (χ0n) is 15.7. The van der Waals surface area contributed by atoms with E-state index >= 15 is 0 Å². The summed E-state index contributed by atoms with van der Waals surface area (Å²) >= 11 is 0. The Morgan fingerprint density at radius 2 is 1.30 bits per heavy atom. The SMILES string of the molecule is COc1ccc(-c2nnc(N(C)C(C)O)nc2-c2ccc(OC)cc2)cc1. The minimum absolute atomic E-state index is 0.341. The Hall–Kier alpha value is -3.19. The maximum atomic E-state index is 9.84. The smallest absolute Gasteiger partial charge is 0.247 e. The molecule has 0 fully saturated rings. The fourth-order valence-corrected chi connectivity index (χ4v) is 2.53. The highest BCUT2D eigenvalue weighted by molar-refractivity contribution is 5.78. The quantitative estimate of drug-likeness (QED) is 0.672. The van der Waals surface area contributed by atoms with Crippen molar-refractivity contribution >= 4 is 5.95 Å². The predicted molar refractivity (Wildman–Crippen MR) is 104 cm³/mol. The van der Waals surface area contributed by atoms with Crippen molar-refractivity contribution in [2.75, 3.05) is 26.2 Å². The number of anilines is 1. The van der Waals surface area contributed by atoms with E-state index in [9.17, 15) is 5.11 Å². The third kappa shape index (κ3) is 3.98. The van der Waals surface area contributed by atoms with Gasteiger partial charge in [0.2, 0.25) is 5.95 Å². The Kier molecular flexibility index (Phi) is 5.52. The standard InChI is InChI=1S/C20H22N4O3/c1-13(25)24(2)20-21-18(14-5-9-16(26-3)10-6-14)19(22-23-20)15-7-11-17(27-4)12-8-15/h5-13,25H,1-4H3. The van der Waals surface area contributed by atoms with E-state index in [1.807, 2.05) is 48.5 Å². The molecule has 0 aliphatic rings. The molecule has 0 saturated heterocycles. The lowest BCUT2D eigenvalue weighted by Crippen LogP contribution is -2.30. The fourth-order valence-electron chi connectivity index (χ4n) is 2.53. The van der Waals surface area contributed by atoms with Gasteiger partial charge in [0, 0.05) is 18.2 Å². The van der Waals surface area contributed by atoms with Crippen LogP contribution in [0.15, 0.2) is 48.5 Å². The molecule has 7 heteroatoms. The molecule has 3 rings (SSSR count). The van der Waals surface area contributed by atoms with E-state index < -0.39 is 6.23 Å². The topological polar surface area (TPSA) is 80.6 Å². The van der Waals surface area contributed by atoms with E-state index in [-0.39, 0.29) is 0 Å². The Bertz CT molecular complexity index is 896. The van der Waals surface area contributed by atoms with Gasteiger partial charge in [-0.3, -0.25) is 0 Å². The highest BCUT2D eigenvalue weighted by Gasteiger charge is 2.17. The summed E-state index contributed by atoms with van der Waals surface area (Å²) in [5.74, 6) is 1.86. The molecule has 140 valence electrons. The van der Waals surface area contributed by atoms with Crippen LogP contribution in [-0.4, -0.2) is 47.8 Å². The molecule has 7 nitrogen and oxygen atoms in total. The summed E-state index contributed by atoms with van der Waals surface area (Å²) in [5, 5.41) is 18.4. The van der Waals surface area contributed by atoms with Gasteiger partial charge >= 0.3 is 0 Å². The highest BCUT2D eigenvalue weighted by atomic mass is 16.5. The number of benzene rings is 2. The summed E-state index contributed by atoms with van der Waals surface area (Å²) in [6, 6.07) is 15.1. The van der Waals surface area contributed by atoms with Crippen LogP contribution in [0.3, 0.4) is 0 Å². The molecule has 1 heterocycles. The van der Waals surface area contributed by atoms with Crippen molar-refractivity contribution in [1.82, 2.24) is 15.2 Å². The molecule has 1 unspecified atom stereocenters. The molecular weight excluding hydrogens is 344 g/mol. The molecule has 0 aliphatic carbocycles. The number of hydrogen-bond acceptors (Lipinski definition) is 7. The van der Waals surface area contributed by atoms with E-state index in [0.717, 1.165) is 22.6 Å². The van der Waals surface area contributed by atoms with Gasteiger partial charge in [-0.25, -0.2) is 4.98 Å². The number of hydrogen-bond donors (Lipinski definition) is 1. The normalized spacial score (nSPS) is 11.7. The highest BCUT2D eigenvalue weighted by Crippen LogP contribution is 2.31. The molecule has 1 N–H and O–H groups in total. The van der Waals surface area contributed by atoms with Crippen LogP contribution in [0.1, 0.15) is 6.92 Å². The Balaban J connectivity index is 2.13. The molecule has 0 bridgehead atoms. The Morgan fingerprint density at radius 1 is 0.815 bits per heavy atom. The molecule has 3 aromatic rings. The van der Waals surface area contributed by atoms with Crippen LogP contribution in [0.2, 0.25) is 0 Å². The van der Waals surface area contributed by atoms with Gasteiger partial charge in [-0.2, -0.15) is 0 Å². The maximum Gasteiger partial charge on any atom is 0.247 e. The van der Waals surface area contributed by atoms with Crippen molar-refractivity contribution in [3.8, 4) is 34.0 Å². The van der Waals surface area contributed by atoms with Crippen LogP contribution < -0.4 is 14.4 Å². The van der Waals surface area contributed by atoms with Gasteiger partial charge in [0.1, 0.15) is 29.1 Å². The first-order chi connectivity index (χ1) is 13.0. The second kappa shape index (κ2) is 8.01.